The third-order valence-electron chi connectivity index (χ3n) is 2.45. The summed E-state index contributed by atoms with van der Waals surface area (Å²) < 4.78 is 28.5. The van der Waals surface area contributed by atoms with Gasteiger partial charge in [-0.05, 0) is 37.5 Å². The molecule has 0 amide bonds. The number of alkyl halides is 1. The Bertz CT molecular complexity index is 619. The van der Waals surface area contributed by atoms with Crippen molar-refractivity contribution in [2.45, 2.75) is 44.0 Å². The average Bonchev–Trinajstić information content (AvgIpc) is 2.21. The van der Waals surface area contributed by atoms with Crippen molar-refractivity contribution in [3.8, 4) is 0 Å². The van der Waals surface area contributed by atoms with E-state index in [4.69, 9.17) is 14.3 Å². The molecule has 0 spiro atoms. The molecule has 126 valence electrons. The van der Waals surface area contributed by atoms with Gasteiger partial charge in [0, 0.05) is 5.33 Å². The summed E-state index contributed by atoms with van der Waals surface area (Å²) in [5.41, 5.74) is 0.953. The van der Waals surface area contributed by atoms with Crippen LogP contribution in [-0.4, -0.2) is 20.3 Å². The Morgan fingerprint density at radius 1 is 1.00 bits per heavy atom. The minimum Gasteiger partial charge on any atom is -0.324 e. The van der Waals surface area contributed by atoms with E-state index in [1.54, 1.807) is 32.9 Å². The van der Waals surface area contributed by atoms with E-state index in [2.05, 4.69) is 15.9 Å². The molecule has 9 heteroatoms. The maximum Gasteiger partial charge on any atom is 0.332 e. The molecule has 0 saturated carbocycles. The Labute approximate surface area is 138 Å². The lowest BCUT2D eigenvalue weighted by Crippen LogP contribution is -2.17. The van der Waals surface area contributed by atoms with Crippen LogP contribution in [0.15, 0.2) is 18.2 Å². The van der Waals surface area contributed by atoms with Crippen LogP contribution in [0.25, 0.3) is 0 Å². The summed E-state index contributed by atoms with van der Waals surface area (Å²) in [6, 6.07) is 4.90. The SMILES string of the molecule is CC(C)(C)OP(=O)(O)Cc1cc(CBr)cc(CP(=O)(O)O)c1. The fourth-order valence-corrected chi connectivity index (χ4v) is 4.57. The molecular weight excluding hydrogens is 394 g/mol. The standard InChI is InChI=1S/C13H21BrO6P2/c1-13(2,3)20-22(18,19)9-12-5-10(7-14)4-11(6-12)8-21(15,16)17/h4-6H,7-9H2,1-3H3,(H,18,19)(H2,15,16,17). The number of benzene rings is 1. The van der Waals surface area contributed by atoms with Gasteiger partial charge in [-0.2, -0.15) is 0 Å². The molecule has 3 N–H and O–H groups in total. The van der Waals surface area contributed by atoms with Crippen LogP contribution in [0, 0.1) is 0 Å². The van der Waals surface area contributed by atoms with Gasteiger partial charge in [0.1, 0.15) is 0 Å². The minimum absolute atomic E-state index is 0.209. The van der Waals surface area contributed by atoms with Gasteiger partial charge >= 0.3 is 15.2 Å². The van der Waals surface area contributed by atoms with Crippen LogP contribution in [0.4, 0.5) is 0 Å². The normalized spacial score (nSPS) is 15.6. The monoisotopic (exact) mass is 414 g/mol. The quantitative estimate of drug-likeness (QED) is 0.483. The Kier molecular flexibility index (Phi) is 6.62. The molecule has 1 rings (SSSR count). The highest BCUT2D eigenvalue weighted by molar-refractivity contribution is 9.08. The molecule has 0 bridgehead atoms. The molecular formula is C13H21BrO6P2. The van der Waals surface area contributed by atoms with Gasteiger partial charge in [-0.3, -0.25) is 9.13 Å². The number of hydrogen-bond donors (Lipinski definition) is 3. The molecule has 1 atom stereocenters. The summed E-state index contributed by atoms with van der Waals surface area (Å²) >= 11 is 3.28. The number of rotatable bonds is 6. The first kappa shape index (κ1) is 20.0. The van der Waals surface area contributed by atoms with Crippen molar-refractivity contribution in [2.24, 2.45) is 0 Å². The molecule has 0 saturated heterocycles. The molecule has 0 heterocycles. The highest BCUT2D eigenvalue weighted by atomic mass is 79.9. The second-order valence-electron chi connectivity index (χ2n) is 6.11. The first-order valence-corrected chi connectivity index (χ1v) is 11.2. The van der Waals surface area contributed by atoms with E-state index in [9.17, 15) is 14.0 Å². The second kappa shape index (κ2) is 7.27. The van der Waals surface area contributed by atoms with Gasteiger partial charge in [-0.25, -0.2) is 0 Å². The third-order valence-corrected chi connectivity index (χ3v) is 5.48. The summed E-state index contributed by atoms with van der Waals surface area (Å²) in [5, 5.41) is 0.477. The van der Waals surface area contributed by atoms with Gasteiger partial charge in [0.05, 0.1) is 17.9 Å². The van der Waals surface area contributed by atoms with Gasteiger partial charge in [0.15, 0.2) is 0 Å². The van der Waals surface area contributed by atoms with Crippen molar-refractivity contribution >= 4 is 31.1 Å². The largest absolute Gasteiger partial charge is 0.332 e. The van der Waals surface area contributed by atoms with Crippen molar-refractivity contribution in [3.63, 3.8) is 0 Å². The Balaban J connectivity index is 3.06. The summed E-state index contributed by atoms with van der Waals surface area (Å²) in [6.45, 7) is 5.05. The predicted octanol–water partition coefficient (Wildman–Crippen LogP) is 3.76. The van der Waals surface area contributed by atoms with Gasteiger partial charge in [-0.15, -0.1) is 0 Å². The first-order valence-electron chi connectivity index (χ1n) is 6.54. The Morgan fingerprint density at radius 3 is 1.86 bits per heavy atom. The molecule has 1 aromatic carbocycles. The molecule has 1 unspecified atom stereocenters. The van der Waals surface area contributed by atoms with Gasteiger partial charge in [0.25, 0.3) is 0 Å². The van der Waals surface area contributed by atoms with Crippen LogP contribution in [-0.2, 0) is 31.3 Å². The van der Waals surface area contributed by atoms with Crippen molar-refractivity contribution < 1.29 is 28.3 Å². The van der Waals surface area contributed by atoms with Crippen LogP contribution in [0.3, 0.4) is 0 Å². The maximum atomic E-state index is 12.2. The zero-order chi connectivity index (χ0) is 17.2. The molecule has 1 aromatic rings. The fourth-order valence-electron chi connectivity index (χ4n) is 2.03. The van der Waals surface area contributed by atoms with E-state index in [1.807, 2.05) is 0 Å². The zero-order valence-corrected chi connectivity index (χ0v) is 16.1. The van der Waals surface area contributed by atoms with Crippen LogP contribution in [0.1, 0.15) is 37.5 Å². The topological polar surface area (TPSA) is 104 Å². The van der Waals surface area contributed by atoms with Crippen molar-refractivity contribution in [1.82, 2.24) is 0 Å². The van der Waals surface area contributed by atoms with E-state index in [0.29, 0.717) is 16.5 Å². The highest BCUT2D eigenvalue weighted by Crippen LogP contribution is 2.49. The fraction of sp³-hybridized carbons (Fsp3) is 0.538. The summed E-state index contributed by atoms with van der Waals surface area (Å²) in [4.78, 5) is 28.1. The lowest BCUT2D eigenvalue weighted by atomic mass is 10.1. The minimum atomic E-state index is -4.20. The van der Waals surface area contributed by atoms with E-state index in [-0.39, 0.29) is 6.16 Å². The lowest BCUT2D eigenvalue weighted by Gasteiger charge is -2.23. The molecule has 0 aromatic heterocycles. The van der Waals surface area contributed by atoms with E-state index >= 15 is 0 Å². The molecule has 22 heavy (non-hydrogen) atoms. The molecule has 0 aliphatic heterocycles. The van der Waals surface area contributed by atoms with Gasteiger partial charge < -0.3 is 19.2 Å². The zero-order valence-electron chi connectivity index (χ0n) is 12.7. The molecule has 0 aliphatic rings. The van der Waals surface area contributed by atoms with Gasteiger partial charge in [0.2, 0.25) is 0 Å². The lowest BCUT2D eigenvalue weighted by molar-refractivity contribution is 0.111. The van der Waals surface area contributed by atoms with Crippen LogP contribution in [0.2, 0.25) is 0 Å². The summed E-state index contributed by atoms with van der Waals surface area (Å²) in [7, 11) is -8.05. The van der Waals surface area contributed by atoms with Gasteiger partial charge in [-0.1, -0.05) is 34.1 Å². The van der Waals surface area contributed by atoms with Crippen LogP contribution in [0.5, 0.6) is 0 Å². The maximum absolute atomic E-state index is 12.2. The first-order chi connectivity index (χ1) is 9.80. The smallest absolute Gasteiger partial charge is 0.324 e. The molecule has 0 radical (unpaired) electrons. The number of halogens is 1. The molecule has 0 aliphatic carbocycles. The molecule has 0 fully saturated rings. The summed E-state index contributed by atoms with van der Waals surface area (Å²) in [6.07, 6.45) is -0.615. The highest BCUT2D eigenvalue weighted by Gasteiger charge is 2.28. The summed E-state index contributed by atoms with van der Waals surface area (Å²) in [5.74, 6) is 0. The van der Waals surface area contributed by atoms with E-state index in [1.165, 1.54) is 6.07 Å². The van der Waals surface area contributed by atoms with Crippen molar-refractivity contribution in [3.05, 3.63) is 34.9 Å². The third kappa shape index (κ3) is 8.02. The number of hydrogen-bond acceptors (Lipinski definition) is 3. The van der Waals surface area contributed by atoms with Crippen LogP contribution < -0.4 is 0 Å². The average molecular weight is 415 g/mol. The predicted molar refractivity (Wildman–Crippen MR) is 89.2 cm³/mol. The van der Waals surface area contributed by atoms with E-state index < -0.39 is 27.0 Å². The molecule has 6 nitrogen and oxygen atoms in total. The van der Waals surface area contributed by atoms with E-state index in [0.717, 1.165) is 5.56 Å². The Hall–Kier alpha value is -0.000000000000000111. The van der Waals surface area contributed by atoms with Crippen LogP contribution >= 0.6 is 31.1 Å². The van der Waals surface area contributed by atoms with Crippen molar-refractivity contribution in [2.75, 3.05) is 0 Å². The Morgan fingerprint density at radius 2 is 1.45 bits per heavy atom. The van der Waals surface area contributed by atoms with Crippen molar-refractivity contribution in [1.29, 1.82) is 0 Å². The second-order valence-corrected chi connectivity index (χ2v) is 10.1.